The molecule has 3 nitrogen and oxygen atoms in total. The maximum absolute atomic E-state index is 13.4. The molecule has 0 saturated heterocycles. The van der Waals surface area contributed by atoms with Crippen LogP contribution in [0.25, 0.3) is 0 Å². The summed E-state index contributed by atoms with van der Waals surface area (Å²) in [5.74, 6) is -0.199. The molecule has 1 heterocycles. The second kappa shape index (κ2) is 4.97. The van der Waals surface area contributed by atoms with E-state index in [1.807, 2.05) is 6.92 Å². The fourth-order valence-corrected chi connectivity index (χ4v) is 1.24. The number of nitrogens with zero attached hydrogens (tertiary/aromatic N) is 2. The quantitative estimate of drug-likeness (QED) is 0.752. The molecule has 0 spiro atoms. The maximum atomic E-state index is 13.4. The number of hydrogen-bond donors (Lipinski definition) is 1. The third-order valence-corrected chi connectivity index (χ3v) is 1.93. The van der Waals surface area contributed by atoms with E-state index in [9.17, 15) is 4.39 Å². The monoisotopic (exact) mass is 185 g/mol. The Morgan fingerprint density at radius 3 is 3.00 bits per heavy atom. The Morgan fingerprint density at radius 2 is 2.38 bits per heavy atom. The molecular formula is C9H16FN3. The van der Waals surface area contributed by atoms with Gasteiger partial charge in [-0.2, -0.15) is 9.49 Å². The van der Waals surface area contributed by atoms with Crippen molar-refractivity contribution in [2.45, 2.75) is 32.7 Å². The standard InChI is InChI=1S/C9H16FN3/c1-2-6-13-9(10)8(7-12-13)4-3-5-11/h7H,2-6,11H2,1H3. The maximum Gasteiger partial charge on any atom is 0.214 e. The molecule has 0 saturated carbocycles. The third kappa shape index (κ3) is 2.52. The molecule has 0 radical (unpaired) electrons. The van der Waals surface area contributed by atoms with Crippen LogP contribution in [0.15, 0.2) is 6.20 Å². The Bertz CT molecular complexity index is 257. The molecule has 0 unspecified atom stereocenters. The van der Waals surface area contributed by atoms with Crippen LogP contribution in [0.5, 0.6) is 0 Å². The summed E-state index contributed by atoms with van der Waals surface area (Å²) in [6.45, 7) is 3.24. The van der Waals surface area contributed by atoms with Gasteiger partial charge in [0.15, 0.2) is 0 Å². The molecule has 13 heavy (non-hydrogen) atoms. The molecule has 4 heteroatoms. The minimum absolute atomic E-state index is 0.199. The fraction of sp³-hybridized carbons (Fsp3) is 0.667. The van der Waals surface area contributed by atoms with Crippen molar-refractivity contribution >= 4 is 0 Å². The van der Waals surface area contributed by atoms with Crippen LogP contribution in [-0.2, 0) is 13.0 Å². The minimum atomic E-state index is -0.199. The van der Waals surface area contributed by atoms with Crippen molar-refractivity contribution in [3.63, 3.8) is 0 Å². The van der Waals surface area contributed by atoms with Crippen LogP contribution in [0, 0.1) is 5.95 Å². The number of aryl methyl sites for hydroxylation is 2. The normalized spacial score (nSPS) is 10.7. The molecule has 0 aromatic carbocycles. The molecule has 74 valence electrons. The Morgan fingerprint density at radius 1 is 1.62 bits per heavy atom. The van der Waals surface area contributed by atoms with E-state index in [-0.39, 0.29) is 5.95 Å². The molecule has 0 bridgehead atoms. The van der Waals surface area contributed by atoms with Crippen molar-refractivity contribution in [1.82, 2.24) is 9.78 Å². The summed E-state index contributed by atoms with van der Waals surface area (Å²) in [7, 11) is 0. The Balaban J connectivity index is 2.62. The lowest BCUT2D eigenvalue weighted by Crippen LogP contribution is -2.04. The van der Waals surface area contributed by atoms with Gasteiger partial charge in [0.2, 0.25) is 5.95 Å². The summed E-state index contributed by atoms with van der Waals surface area (Å²) < 4.78 is 14.8. The highest BCUT2D eigenvalue weighted by Gasteiger charge is 2.08. The van der Waals surface area contributed by atoms with Gasteiger partial charge in [0.1, 0.15) is 0 Å². The fourth-order valence-electron chi connectivity index (χ4n) is 1.24. The average Bonchev–Trinajstić information content (AvgIpc) is 2.46. The third-order valence-electron chi connectivity index (χ3n) is 1.93. The van der Waals surface area contributed by atoms with Crippen molar-refractivity contribution < 1.29 is 4.39 Å². The zero-order chi connectivity index (χ0) is 9.68. The van der Waals surface area contributed by atoms with Crippen molar-refractivity contribution in [2.75, 3.05) is 6.54 Å². The number of nitrogens with two attached hydrogens (primary N) is 1. The van der Waals surface area contributed by atoms with Crippen molar-refractivity contribution in [2.24, 2.45) is 5.73 Å². The highest BCUT2D eigenvalue weighted by Crippen LogP contribution is 2.08. The average molecular weight is 185 g/mol. The second-order valence-electron chi connectivity index (χ2n) is 3.08. The van der Waals surface area contributed by atoms with E-state index in [0.717, 1.165) is 12.8 Å². The van der Waals surface area contributed by atoms with Gasteiger partial charge in [-0.05, 0) is 25.8 Å². The smallest absolute Gasteiger partial charge is 0.214 e. The van der Waals surface area contributed by atoms with Gasteiger partial charge in [-0.25, -0.2) is 4.68 Å². The predicted octanol–water partition coefficient (Wildman–Crippen LogP) is 1.32. The zero-order valence-corrected chi connectivity index (χ0v) is 7.96. The molecule has 2 N–H and O–H groups in total. The van der Waals surface area contributed by atoms with E-state index in [0.29, 0.717) is 25.1 Å². The largest absolute Gasteiger partial charge is 0.330 e. The second-order valence-corrected chi connectivity index (χ2v) is 3.08. The number of aromatic nitrogens is 2. The van der Waals surface area contributed by atoms with Crippen LogP contribution in [-0.4, -0.2) is 16.3 Å². The minimum Gasteiger partial charge on any atom is -0.330 e. The number of halogens is 1. The van der Waals surface area contributed by atoms with E-state index in [4.69, 9.17) is 5.73 Å². The summed E-state index contributed by atoms with van der Waals surface area (Å²) in [5.41, 5.74) is 6.02. The highest BCUT2D eigenvalue weighted by molar-refractivity contribution is 5.06. The van der Waals surface area contributed by atoms with E-state index >= 15 is 0 Å². The molecule has 0 amide bonds. The van der Waals surface area contributed by atoms with Gasteiger partial charge in [0.05, 0.1) is 6.20 Å². The topological polar surface area (TPSA) is 43.8 Å². The van der Waals surface area contributed by atoms with Gasteiger partial charge in [0, 0.05) is 12.1 Å². The molecule has 1 aromatic heterocycles. The first-order valence-corrected chi connectivity index (χ1v) is 4.69. The predicted molar refractivity (Wildman–Crippen MR) is 49.9 cm³/mol. The summed E-state index contributed by atoms with van der Waals surface area (Å²) in [4.78, 5) is 0. The zero-order valence-electron chi connectivity index (χ0n) is 7.96. The van der Waals surface area contributed by atoms with Crippen LogP contribution in [0.2, 0.25) is 0 Å². The van der Waals surface area contributed by atoms with Gasteiger partial charge >= 0.3 is 0 Å². The van der Waals surface area contributed by atoms with Gasteiger partial charge in [-0.1, -0.05) is 6.92 Å². The van der Waals surface area contributed by atoms with Gasteiger partial charge in [-0.15, -0.1) is 0 Å². The Kier molecular flexibility index (Phi) is 3.89. The molecule has 0 aliphatic rings. The Labute approximate surface area is 77.7 Å². The SMILES string of the molecule is CCCn1ncc(CCCN)c1F. The Hall–Kier alpha value is -0.900. The van der Waals surface area contributed by atoms with Gasteiger partial charge in [-0.3, -0.25) is 0 Å². The first kappa shape index (κ1) is 10.2. The highest BCUT2D eigenvalue weighted by atomic mass is 19.1. The lowest BCUT2D eigenvalue weighted by Gasteiger charge is -1.99. The summed E-state index contributed by atoms with van der Waals surface area (Å²) >= 11 is 0. The molecule has 0 aliphatic carbocycles. The van der Waals surface area contributed by atoms with E-state index in [1.165, 1.54) is 4.68 Å². The van der Waals surface area contributed by atoms with Crippen LogP contribution in [0.1, 0.15) is 25.3 Å². The van der Waals surface area contributed by atoms with Crippen LogP contribution < -0.4 is 5.73 Å². The first-order chi connectivity index (χ1) is 6.29. The molecule has 1 aromatic rings. The van der Waals surface area contributed by atoms with Crippen molar-refractivity contribution in [3.05, 3.63) is 17.7 Å². The molecule has 0 aliphatic heterocycles. The van der Waals surface area contributed by atoms with E-state index in [2.05, 4.69) is 5.10 Å². The molecular weight excluding hydrogens is 169 g/mol. The van der Waals surface area contributed by atoms with Gasteiger partial charge in [0.25, 0.3) is 0 Å². The lowest BCUT2D eigenvalue weighted by molar-refractivity contribution is 0.446. The van der Waals surface area contributed by atoms with E-state index < -0.39 is 0 Å². The van der Waals surface area contributed by atoms with Crippen molar-refractivity contribution in [3.8, 4) is 0 Å². The van der Waals surface area contributed by atoms with Crippen LogP contribution in [0.3, 0.4) is 0 Å². The summed E-state index contributed by atoms with van der Waals surface area (Å²) in [6.07, 6.45) is 4.00. The first-order valence-electron chi connectivity index (χ1n) is 4.69. The van der Waals surface area contributed by atoms with Gasteiger partial charge < -0.3 is 5.73 Å². The molecule has 0 atom stereocenters. The number of rotatable bonds is 5. The molecule has 0 fully saturated rings. The molecule has 1 rings (SSSR count). The lowest BCUT2D eigenvalue weighted by atomic mass is 10.2. The van der Waals surface area contributed by atoms with Crippen LogP contribution in [0.4, 0.5) is 4.39 Å². The summed E-state index contributed by atoms with van der Waals surface area (Å²) in [5, 5.41) is 3.96. The summed E-state index contributed by atoms with van der Waals surface area (Å²) in [6, 6.07) is 0. The van der Waals surface area contributed by atoms with Crippen molar-refractivity contribution in [1.29, 1.82) is 0 Å². The van der Waals surface area contributed by atoms with Crippen LogP contribution >= 0.6 is 0 Å². The number of hydrogen-bond acceptors (Lipinski definition) is 2. The van der Waals surface area contributed by atoms with E-state index in [1.54, 1.807) is 6.20 Å².